The fourth-order valence-electron chi connectivity index (χ4n) is 1.81. The lowest BCUT2D eigenvalue weighted by Crippen LogP contribution is -2.21. The van der Waals surface area contributed by atoms with Crippen LogP contribution in [0.3, 0.4) is 0 Å². The minimum absolute atomic E-state index is 0.229. The Hall–Kier alpha value is -0.940. The summed E-state index contributed by atoms with van der Waals surface area (Å²) in [5.74, 6) is 1.64. The van der Waals surface area contributed by atoms with Crippen molar-refractivity contribution >= 4 is 16.3 Å². The number of rotatable bonds is 6. The van der Waals surface area contributed by atoms with E-state index < -0.39 is 0 Å². The normalized spacial score (nSPS) is 17.3. The molecule has 1 atom stereocenters. The van der Waals surface area contributed by atoms with Crippen molar-refractivity contribution < 1.29 is 4.92 Å². The first-order valence-electron chi connectivity index (χ1n) is 5.60. The number of nitrogens with one attached hydrogen (secondary N) is 1. The molecule has 0 saturated heterocycles. The maximum atomic E-state index is 10.5. The van der Waals surface area contributed by atoms with E-state index in [2.05, 4.69) is 12.2 Å². The molecule has 1 N–H and O–H groups in total. The van der Waals surface area contributed by atoms with Crippen molar-refractivity contribution in [2.24, 2.45) is 11.8 Å². The zero-order valence-corrected chi connectivity index (χ0v) is 10.1. The number of hydrogen-bond acceptors (Lipinski definition) is 4. The Morgan fingerprint density at radius 1 is 1.62 bits per heavy atom. The zero-order chi connectivity index (χ0) is 11.5. The largest absolute Gasteiger partial charge is 0.324 e. The van der Waals surface area contributed by atoms with E-state index in [1.807, 2.05) is 6.07 Å². The van der Waals surface area contributed by atoms with Gasteiger partial charge in [0.25, 0.3) is 0 Å². The zero-order valence-electron chi connectivity index (χ0n) is 9.31. The van der Waals surface area contributed by atoms with E-state index in [0.29, 0.717) is 0 Å². The molecule has 0 radical (unpaired) electrons. The van der Waals surface area contributed by atoms with Crippen molar-refractivity contribution in [3.63, 3.8) is 0 Å². The van der Waals surface area contributed by atoms with Crippen molar-refractivity contribution in [1.29, 1.82) is 0 Å². The van der Waals surface area contributed by atoms with Crippen LogP contribution in [-0.4, -0.2) is 11.5 Å². The van der Waals surface area contributed by atoms with E-state index in [1.165, 1.54) is 24.2 Å². The fraction of sp³-hybridized carbons (Fsp3) is 0.636. The molecule has 0 spiro atoms. The van der Waals surface area contributed by atoms with E-state index in [1.54, 1.807) is 6.07 Å². The molecule has 88 valence electrons. The van der Waals surface area contributed by atoms with Gasteiger partial charge in [-0.15, -0.1) is 0 Å². The minimum atomic E-state index is -0.332. The van der Waals surface area contributed by atoms with Gasteiger partial charge in [0.1, 0.15) is 0 Å². The lowest BCUT2D eigenvalue weighted by molar-refractivity contribution is -0.380. The second kappa shape index (κ2) is 4.93. The fourth-order valence-corrected chi connectivity index (χ4v) is 2.60. The molecule has 1 unspecified atom stereocenters. The molecule has 2 rings (SSSR count). The first-order chi connectivity index (χ1) is 7.66. The summed E-state index contributed by atoms with van der Waals surface area (Å²) in [5, 5.41) is 14.1. The molecule has 1 aromatic heterocycles. The molecule has 0 aromatic carbocycles. The summed E-state index contributed by atoms with van der Waals surface area (Å²) in [7, 11) is 0. The summed E-state index contributed by atoms with van der Waals surface area (Å²) in [6, 6.07) is 3.41. The van der Waals surface area contributed by atoms with E-state index in [9.17, 15) is 10.1 Å². The summed E-state index contributed by atoms with van der Waals surface area (Å²) >= 11 is 1.26. The Morgan fingerprint density at radius 3 is 2.94 bits per heavy atom. The van der Waals surface area contributed by atoms with Crippen molar-refractivity contribution in [2.75, 3.05) is 6.54 Å². The van der Waals surface area contributed by atoms with Crippen LogP contribution < -0.4 is 5.32 Å². The summed E-state index contributed by atoms with van der Waals surface area (Å²) in [6.07, 6.45) is 2.74. The van der Waals surface area contributed by atoms with Gasteiger partial charge in [-0.1, -0.05) is 18.3 Å². The van der Waals surface area contributed by atoms with Crippen LogP contribution in [0.2, 0.25) is 0 Å². The van der Waals surface area contributed by atoms with Gasteiger partial charge in [-0.25, -0.2) is 0 Å². The van der Waals surface area contributed by atoms with Gasteiger partial charge < -0.3 is 5.32 Å². The number of hydrogen-bond donors (Lipinski definition) is 1. The van der Waals surface area contributed by atoms with Gasteiger partial charge >= 0.3 is 5.00 Å². The van der Waals surface area contributed by atoms with Crippen LogP contribution in [-0.2, 0) is 6.54 Å². The molecule has 4 nitrogen and oxygen atoms in total. The second-order valence-electron chi connectivity index (χ2n) is 4.44. The van der Waals surface area contributed by atoms with Gasteiger partial charge in [0.2, 0.25) is 0 Å². The highest BCUT2D eigenvalue weighted by molar-refractivity contribution is 7.15. The standard InChI is InChI=1S/C11H16N2O2S/c1-8(9-2-3-9)6-12-7-10-4-5-11(16-10)13(14)15/h4-5,8-9,12H,2-3,6-7H2,1H3. The van der Waals surface area contributed by atoms with Gasteiger partial charge in [0, 0.05) is 17.5 Å². The molecule has 0 amide bonds. The number of nitro groups is 1. The van der Waals surface area contributed by atoms with Crippen molar-refractivity contribution in [2.45, 2.75) is 26.3 Å². The van der Waals surface area contributed by atoms with Crippen LogP contribution >= 0.6 is 11.3 Å². The van der Waals surface area contributed by atoms with Gasteiger partial charge in [-0.05, 0) is 37.3 Å². The third kappa shape index (κ3) is 3.02. The minimum Gasteiger partial charge on any atom is -0.312 e. The average Bonchev–Trinajstić information content (AvgIpc) is 2.98. The van der Waals surface area contributed by atoms with Crippen LogP contribution in [0.1, 0.15) is 24.6 Å². The second-order valence-corrected chi connectivity index (χ2v) is 5.59. The topological polar surface area (TPSA) is 55.2 Å². The monoisotopic (exact) mass is 240 g/mol. The Labute approximate surface area is 98.8 Å². The molecule has 1 aliphatic carbocycles. The number of nitrogens with zero attached hydrogens (tertiary/aromatic N) is 1. The highest BCUT2D eigenvalue weighted by Crippen LogP contribution is 2.36. The molecule has 16 heavy (non-hydrogen) atoms. The Balaban J connectivity index is 1.73. The van der Waals surface area contributed by atoms with Crippen LogP contribution in [0.25, 0.3) is 0 Å². The Kier molecular flexibility index (Phi) is 3.56. The van der Waals surface area contributed by atoms with Crippen LogP contribution in [0.4, 0.5) is 5.00 Å². The third-order valence-corrected chi connectivity index (χ3v) is 4.06. The van der Waals surface area contributed by atoms with Gasteiger partial charge in [-0.2, -0.15) is 0 Å². The van der Waals surface area contributed by atoms with E-state index in [4.69, 9.17) is 0 Å². The number of thiophene rings is 1. The van der Waals surface area contributed by atoms with E-state index >= 15 is 0 Å². The lowest BCUT2D eigenvalue weighted by atomic mass is 10.1. The van der Waals surface area contributed by atoms with Crippen LogP contribution in [0.5, 0.6) is 0 Å². The smallest absolute Gasteiger partial charge is 0.312 e. The molecule has 0 aliphatic heterocycles. The average molecular weight is 240 g/mol. The summed E-state index contributed by atoms with van der Waals surface area (Å²) in [6.45, 7) is 4.02. The molecule has 0 bridgehead atoms. The molecule has 5 heteroatoms. The highest BCUT2D eigenvalue weighted by Gasteiger charge is 2.27. The molecule has 1 fully saturated rings. The SMILES string of the molecule is CC(CNCc1ccc([N+](=O)[O-])s1)C1CC1. The molecular weight excluding hydrogens is 224 g/mol. The summed E-state index contributed by atoms with van der Waals surface area (Å²) in [4.78, 5) is 11.2. The lowest BCUT2D eigenvalue weighted by Gasteiger charge is -2.09. The molecule has 1 saturated carbocycles. The molecule has 1 heterocycles. The van der Waals surface area contributed by atoms with Crippen LogP contribution in [0, 0.1) is 22.0 Å². The maximum absolute atomic E-state index is 10.5. The molecule has 1 aliphatic rings. The van der Waals surface area contributed by atoms with E-state index in [-0.39, 0.29) is 9.92 Å². The summed E-state index contributed by atoms with van der Waals surface area (Å²) < 4.78 is 0. The van der Waals surface area contributed by atoms with Crippen LogP contribution in [0.15, 0.2) is 12.1 Å². The summed E-state index contributed by atoms with van der Waals surface area (Å²) in [5.41, 5.74) is 0. The maximum Gasteiger partial charge on any atom is 0.324 e. The van der Waals surface area contributed by atoms with Crippen molar-refractivity contribution in [3.05, 3.63) is 27.1 Å². The highest BCUT2D eigenvalue weighted by atomic mass is 32.1. The molecular formula is C11H16N2O2S. The Morgan fingerprint density at radius 2 is 2.38 bits per heavy atom. The van der Waals surface area contributed by atoms with Crippen molar-refractivity contribution in [1.82, 2.24) is 5.32 Å². The van der Waals surface area contributed by atoms with E-state index in [0.717, 1.165) is 29.8 Å². The quantitative estimate of drug-likeness (QED) is 0.614. The van der Waals surface area contributed by atoms with Gasteiger partial charge in [0.15, 0.2) is 0 Å². The third-order valence-electron chi connectivity index (χ3n) is 3.02. The van der Waals surface area contributed by atoms with Gasteiger partial charge in [-0.3, -0.25) is 10.1 Å². The predicted molar refractivity (Wildman–Crippen MR) is 64.6 cm³/mol. The first kappa shape index (κ1) is 11.5. The first-order valence-corrected chi connectivity index (χ1v) is 6.42. The van der Waals surface area contributed by atoms with Gasteiger partial charge in [0.05, 0.1) is 4.92 Å². The van der Waals surface area contributed by atoms with Crippen molar-refractivity contribution in [3.8, 4) is 0 Å². The predicted octanol–water partition coefficient (Wildman–Crippen LogP) is 2.79. The Bertz CT molecular complexity index is 374. The molecule has 1 aromatic rings.